The largest absolute Gasteiger partial charge is 0.451 e. The Labute approximate surface area is 520 Å². The molecule has 0 unspecified atom stereocenters. The van der Waals surface area contributed by atoms with E-state index in [0.717, 1.165) is 42.4 Å². The molecule has 484 valence electrons. The minimum absolute atomic E-state index is 0.0721. The van der Waals surface area contributed by atoms with E-state index >= 15 is 9.59 Å². The average Bonchev–Trinajstić information content (AvgIpc) is 3.36. The van der Waals surface area contributed by atoms with Crippen LogP contribution in [0.15, 0.2) is 61.2 Å². The van der Waals surface area contributed by atoms with Gasteiger partial charge in [-0.1, -0.05) is 145 Å². The summed E-state index contributed by atoms with van der Waals surface area (Å²) in [4.78, 5) is 132. The van der Waals surface area contributed by atoms with E-state index in [1.807, 2.05) is 131 Å². The van der Waals surface area contributed by atoms with Crippen LogP contribution in [0.5, 0.6) is 0 Å². The van der Waals surface area contributed by atoms with Gasteiger partial charge < -0.3 is 38.5 Å². The van der Waals surface area contributed by atoms with Crippen molar-refractivity contribution in [3.63, 3.8) is 0 Å². The first-order chi connectivity index (χ1) is 41.0. The number of carbonyl (C=O) groups excluding carboxylic acids is 8. The van der Waals surface area contributed by atoms with Crippen molar-refractivity contribution in [3.05, 3.63) is 95.1 Å². The van der Waals surface area contributed by atoms with Crippen LogP contribution in [0.25, 0.3) is 0 Å². The van der Waals surface area contributed by atoms with Crippen molar-refractivity contribution in [3.8, 4) is 0 Å². The third-order valence-electron chi connectivity index (χ3n) is 15.6. The lowest BCUT2D eigenvalue weighted by Gasteiger charge is -2.35. The first-order valence-electron chi connectivity index (χ1n) is 30.8. The van der Waals surface area contributed by atoms with Gasteiger partial charge in [-0.05, 0) is 85.5 Å². The summed E-state index contributed by atoms with van der Waals surface area (Å²) in [6, 6.07) is 9.52. The van der Waals surface area contributed by atoms with Crippen LogP contribution in [0.1, 0.15) is 170 Å². The van der Waals surface area contributed by atoms with Crippen LogP contribution in [0.2, 0.25) is 0 Å². The second-order valence-corrected chi connectivity index (χ2v) is 27.4. The molecule has 0 aliphatic carbocycles. The number of hydrogen-bond acceptors (Lipinski definition) is 16. The molecule has 1 fully saturated rings. The molecule has 0 radical (unpaired) electrons. The topological polar surface area (TPSA) is 248 Å². The fourth-order valence-corrected chi connectivity index (χ4v) is 10.7. The predicted molar refractivity (Wildman–Crippen MR) is 331 cm³/mol. The predicted octanol–water partition coefficient (Wildman–Crippen LogP) is 7.54. The van der Waals surface area contributed by atoms with Crippen LogP contribution in [-0.2, 0) is 94.1 Å². The number of cyclic esters (lactones) is 4. The normalized spacial score (nSPS) is 22.6. The molecule has 2 aromatic carbocycles. The molecule has 88 heavy (non-hydrogen) atoms. The number of rotatable bonds is 16. The number of likely N-dealkylation sites (N-methyl/N-ethyl adjacent to an activating group) is 4. The minimum atomic E-state index is -1.55. The Morgan fingerprint density at radius 1 is 0.398 bits per heavy atom. The van der Waals surface area contributed by atoms with Crippen molar-refractivity contribution in [2.24, 2.45) is 23.7 Å². The number of carbonyl (C=O) groups is 8. The minimum Gasteiger partial charge on any atom is -0.451 e. The lowest BCUT2D eigenvalue weighted by Crippen LogP contribution is -2.55. The maximum Gasteiger partial charge on any atom is 0.329 e. The van der Waals surface area contributed by atoms with Gasteiger partial charge in [-0.3, -0.25) is 19.2 Å². The van der Waals surface area contributed by atoms with Gasteiger partial charge in [0.25, 0.3) is 23.6 Å². The zero-order chi connectivity index (χ0) is 65.9. The van der Waals surface area contributed by atoms with E-state index in [0.29, 0.717) is 24.2 Å². The fraction of sp³-hybridized carbons (Fsp3) is 0.636. The number of amides is 4. The Morgan fingerprint density at radius 2 is 0.648 bits per heavy atom. The second-order valence-electron chi connectivity index (χ2n) is 27.4. The maximum atomic E-state index is 15.1. The van der Waals surface area contributed by atoms with Crippen LogP contribution in [0.3, 0.4) is 0 Å². The Bertz CT molecular complexity index is 2810. The molecule has 22 heteroatoms. The average molecular weight is 1220 g/mol. The summed E-state index contributed by atoms with van der Waals surface area (Å²) in [6.07, 6.45) is -3.10. The monoisotopic (exact) mass is 1220 g/mol. The van der Waals surface area contributed by atoms with Gasteiger partial charge in [-0.25, -0.2) is 38.5 Å². The summed E-state index contributed by atoms with van der Waals surface area (Å²) in [5.41, 5.74) is 2.43. The van der Waals surface area contributed by atoms with Gasteiger partial charge in [0, 0.05) is 51.9 Å². The van der Waals surface area contributed by atoms with Crippen LogP contribution in [-0.4, -0.2) is 173 Å². The molecule has 2 aromatic heterocycles. The van der Waals surface area contributed by atoms with Crippen molar-refractivity contribution in [1.29, 1.82) is 0 Å². The first-order valence-corrected chi connectivity index (χ1v) is 30.8. The molecule has 0 N–H and O–H groups in total. The third kappa shape index (κ3) is 19.2. The summed E-state index contributed by atoms with van der Waals surface area (Å²) < 4.78 is 28.0. The summed E-state index contributed by atoms with van der Waals surface area (Å²) >= 11 is 0. The molecule has 0 bridgehead atoms. The number of nitrogens with zero attached hydrogens (tertiary/aromatic N) is 10. The van der Waals surface area contributed by atoms with Crippen molar-refractivity contribution in [2.45, 2.75) is 222 Å². The SMILES string of the molecule is CC(C)C[C@H]1C(=O)O[C@H](Cc2ccc(Cn3ncnc3C(C)(C)C)cc2)C(=O)N(C)[C@@H](CC(C)C)C(=O)O[C@H](C)C(=O)N(C)[C@@H](CC(C)C)C(=O)O[C@H](Cc2ccc(Cn3ncnc3C(C)(C)C)cc2)C(=O)N(C)[C@@H](CC(C)C)C(=O)O[C@H](C)C(=O)N1C. The van der Waals surface area contributed by atoms with Gasteiger partial charge in [0.05, 0.1) is 13.1 Å². The Kier molecular flexibility index (Phi) is 24.8. The number of esters is 4. The lowest BCUT2D eigenvalue weighted by atomic mass is 9.95. The van der Waals surface area contributed by atoms with E-state index in [2.05, 4.69) is 20.2 Å². The van der Waals surface area contributed by atoms with Gasteiger partial charge in [-0.2, -0.15) is 10.2 Å². The number of aromatic nitrogens is 6. The van der Waals surface area contributed by atoms with E-state index < -0.39 is 96.1 Å². The molecule has 1 aliphatic heterocycles. The summed E-state index contributed by atoms with van der Waals surface area (Å²) in [7, 11) is 5.58. The Morgan fingerprint density at radius 3 is 0.909 bits per heavy atom. The Hall–Kier alpha value is -7.52. The molecule has 1 saturated heterocycles. The third-order valence-corrected chi connectivity index (χ3v) is 15.6. The van der Waals surface area contributed by atoms with Crippen molar-refractivity contribution in [2.75, 3.05) is 28.2 Å². The smallest absolute Gasteiger partial charge is 0.329 e. The van der Waals surface area contributed by atoms with E-state index in [1.165, 1.54) is 54.7 Å². The van der Waals surface area contributed by atoms with Gasteiger partial charge in [0.15, 0.2) is 24.4 Å². The van der Waals surface area contributed by atoms with E-state index in [4.69, 9.17) is 18.9 Å². The maximum absolute atomic E-state index is 15.1. The number of ether oxygens (including phenoxy) is 4. The standard InChI is InChI=1S/C66H98N10O12/c1-39(2)29-49-59(81)85-43(9)55(77)71(17)52(32-42(7)8)62(84)88-54(34-46-23-27-48(28-24-46)36-76-64(66(14,15)16)68-38-70-76)58(80)74(20)50(30-40(3)4)60(82)86-44(10)56(78)72(18)51(31-41(5)6)61(83)87-53(57(79)73(49)19)33-45-21-25-47(26-22-45)35-75-63(65(11,12)13)67-37-69-75/h21-28,37-44,49-54H,29-36H2,1-20H3/t43-,44-,49+,50+,51+,52+,53-,54-/m1/s1. The van der Waals surface area contributed by atoms with E-state index in [-0.39, 0.29) is 73.0 Å². The Balaban J connectivity index is 1.59. The van der Waals surface area contributed by atoms with Gasteiger partial charge in [-0.15, -0.1) is 0 Å². The number of benzene rings is 2. The van der Waals surface area contributed by atoms with Crippen LogP contribution >= 0.6 is 0 Å². The van der Waals surface area contributed by atoms with Gasteiger partial charge in [0.1, 0.15) is 48.5 Å². The summed E-state index contributed by atoms with van der Waals surface area (Å²) in [5.74, 6) is -5.95. The quantitative estimate of drug-likeness (QED) is 0.0776. The molecule has 0 spiro atoms. The molecule has 4 aromatic rings. The van der Waals surface area contributed by atoms with Crippen LogP contribution in [0, 0.1) is 23.7 Å². The highest BCUT2D eigenvalue weighted by atomic mass is 16.6. The van der Waals surface area contributed by atoms with Gasteiger partial charge >= 0.3 is 23.9 Å². The highest BCUT2D eigenvalue weighted by molar-refractivity contribution is 5.94. The lowest BCUT2D eigenvalue weighted by molar-refractivity contribution is -0.176. The first kappa shape index (κ1) is 71.2. The fourth-order valence-electron chi connectivity index (χ4n) is 10.7. The summed E-state index contributed by atoms with van der Waals surface area (Å²) in [5, 5.41) is 8.87. The number of hydrogen-bond donors (Lipinski definition) is 0. The van der Waals surface area contributed by atoms with Crippen molar-refractivity contribution in [1.82, 2.24) is 49.1 Å². The zero-order valence-corrected chi connectivity index (χ0v) is 55.7. The molecule has 4 amide bonds. The van der Waals surface area contributed by atoms with Crippen molar-refractivity contribution < 1.29 is 57.3 Å². The van der Waals surface area contributed by atoms with Crippen LogP contribution < -0.4 is 0 Å². The zero-order valence-electron chi connectivity index (χ0n) is 55.7. The molecule has 5 rings (SSSR count). The molecule has 22 nitrogen and oxygen atoms in total. The van der Waals surface area contributed by atoms with Gasteiger partial charge in [0.2, 0.25) is 0 Å². The second kappa shape index (κ2) is 30.6. The van der Waals surface area contributed by atoms with Crippen molar-refractivity contribution >= 4 is 47.5 Å². The highest BCUT2D eigenvalue weighted by Crippen LogP contribution is 2.27. The molecular weight excluding hydrogens is 1120 g/mol. The molecule has 3 heterocycles. The molecule has 1 aliphatic rings. The molecular formula is C66H98N10O12. The highest BCUT2D eigenvalue weighted by Gasteiger charge is 2.43. The molecule has 0 saturated carbocycles. The van der Waals surface area contributed by atoms with E-state index in [1.54, 1.807) is 24.3 Å². The molecule has 8 atom stereocenters. The summed E-state index contributed by atoms with van der Waals surface area (Å²) in [6.45, 7) is 30.7. The van der Waals surface area contributed by atoms with E-state index in [9.17, 15) is 28.8 Å². The van der Waals surface area contributed by atoms with Crippen LogP contribution in [0.4, 0.5) is 0 Å².